The fraction of sp³-hybridized carbons (Fsp3) is 0.387. The molecule has 2 aromatic carbocycles. The minimum atomic E-state index is -0.314. The van der Waals surface area contributed by atoms with Crippen LogP contribution in [0.1, 0.15) is 55.4 Å². The molecule has 7 nitrogen and oxygen atoms in total. The number of ether oxygens (including phenoxy) is 1. The Morgan fingerprint density at radius 2 is 1.95 bits per heavy atom. The highest BCUT2D eigenvalue weighted by atomic mass is 16.5. The van der Waals surface area contributed by atoms with E-state index in [0.717, 1.165) is 46.4 Å². The first-order valence-corrected chi connectivity index (χ1v) is 13.3. The first-order valence-electron chi connectivity index (χ1n) is 13.3. The van der Waals surface area contributed by atoms with Crippen molar-refractivity contribution in [3.05, 3.63) is 83.2 Å². The van der Waals surface area contributed by atoms with Crippen LogP contribution in [0.25, 0.3) is 11.1 Å². The molecule has 5 rings (SSSR count). The lowest BCUT2D eigenvalue weighted by atomic mass is 9.87. The van der Waals surface area contributed by atoms with Gasteiger partial charge in [-0.15, -0.1) is 0 Å². The summed E-state index contributed by atoms with van der Waals surface area (Å²) >= 11 is 0. The molecular weight excluding hydrogens is 476 g/mol. The van der Waals surface area contributed by atoms with Gasteiger partial charge in [0.1, 0.15) is 5.75 Å². The maximum Gasteiger partial charge on any atom is 0.318 e. The van der Waals surface area contributed by atoms with Crippen molar-refractivity contribution in [2.75, 3.05) is 13.7 Å². The predicted molar refractivity (Wildman–Crippen MR) is 148 cm³/mol. The Morgan fingerprint density at radius 1 is 1.11 bits per heavy atom. The fourth-order valence-electron chi connectivity index (χ4n) is 5.30. The molecule has 0 saturated heterocycles. The summed E-state index contributed by atoms with van der Waals surface area (Å²) in [6.07, 6.45) is 5.20. The maximum absolute atomic E-state index is 13.0. The van der Waals surface area contributed by atoms with Gasteiger partial charge in [0.15, 0.2) is 0 Å². The van der Waals surface area contributed by atoms with Crippen molar-refractivity contribution in [3.63, 3.8) is 0 Å². The average Bonchev–Trinajstić information content (AvgIpc) is 3.72. The second-order valence-electron chi connectivity index (χ2n) is 11.3. The summed E-state index contributed by atoms with van der Waals surface area (Å²) < 4.78 is 5.46. The molecule has 38 heavy (non-hydrogen) atoms. The van der Waals surface area contributed by atoms with Crippen LogP contribution < -0.4 is 15.4 Å². The molecule has 1 saturated carbocycles. The lowest BCUT2D eigenvalue weighted by Crippen LogP contribution is -2.50. The van der Waals surface area contributed by atoms with E-state index in [1.807, 2.05) is 62.2 Å². The molecule has 0 radical (unpaired) electrons. The molecule has 2 heterocycles. The number of nitrogens with zero attached hydrogens (tertiary/aromatic N) is 2. The molecule has 0 bridgehead atoms. The molecule has 0 spiro atoms. The monoisotopic (exact) mass is 512 g/mol. The van der Waals surface area contributed by atoms with E-state index in [1.165, 1.54) is 5.56 Å². The van der Waals surface area contributed by atoms with Crippen LogP contribution in [0.4, 0.5) is 4.79 Å². The van der Waals surface area contributed by atoms with E-state index >= 15 is 0 Å². The van der Waals surface area contributed by atoms with Crippen LogP contribution >= 0.6 is 0 Å². The van der Waals surface area contributed by atoms with Crippen molar-refractivity contribution < 1.29 is 14.3 Å². The Hall–Kier alpha value is -3.87. The first kappa shape index (κ1) is 25.8. The van der Waals surface area contributed by atoms with E-state index in [0.29, 0.717) is 19.6 Å². The number of urea groups is 1. The Bertz CT molecular complexity index is 1330. The van der Waals surface area contributed by atoms with Gasteiger partial charge in [-0.25, -0.2) is 4.79 Å². The SMILES string of the molecule is COc1cccc(-c2ccc(CNC(=O)[C@H]3C[C@@H]3c3cccnc3)c3c2CCN(C(=O)NC(C)(C)C)C3)c1. The Kier molecular flexibility index (Phi) is 7.11. The summed E-state index contributed by atoms with van der Waals surface area (Å²) in [5, 5.41) is 6.26. The standard InChI is InChI=1S/C31H36N4O3/c1-31(2,3)34-30(37)35-14-12-25-24(20-7-5-9-23(15-20)38-4)11-10-22(28(25)19-35)18-33-29(36)27-16-26(27)21-8-6-13-32-17-21/h5-11,13,15,17,26-27H,12,14,16,18-19H2,1-4H3,(H,33,36)(H,34,37)/t26-,27+/m1/s1. The number of methoxy groups -OCH3 is 1. The van der Waals surface area contributed by atoms with Crippen molar-refractivity contribution >= 4 is 11.9 Å². The zero-order chi connectivity index (χ0) is 26.9. The van der Waals surface area contributed by atoms with E-state index in [1.54, 1.807) is 13.3 Å². The van der Waals surface area contributed by atoms with Gasteiger partial charge in [0.05, 0.1) is 7.11 Å². The number of hydrogen-bond donors (Lipinski definition) is 2. The molecule has 2 aliphatic rings. The average molecular weight is 513 g/mol. The number of amides is 3. The Balaban J connectivity index is 1.38. The number of benzene rings is 2. The lowest BCUT2D eigenvalue weighted by molar-refractivity contribution is -0.122. The highest BCUT2D eigenvalue weighted by molar-refractivity contribution is 5.83. The van der Waals surface area contributed by atoms with Gasteiger partial charge in [0.2, 0.25) is 5.91 Å². The highest BCUT2D eigenvalue weighted by Gasteiger charge is 2.44. The quantitative estimate of drug-likeness (QED) is 0.485. The molecule has 2 atom stereocenters. The molecule has 1 aliphatic carbocycles. The summed E-state index contributed by atoms with van der Waals surface area (Å²) in [4.78, 5) is 32.1. The van der Waals surface area contributed by atoms with Crippen molar-refractivity contribution in [3.8, 4) is 16.9 Å². The second kappa shape index (κ2) is 10.5. The highest BCUT2D eigenvalue weighted by Crippen LogP contribution is 2.47. The van der Waals surface area contributed by atoms with Crippen LogP contribution in [-0.2, 0) is 24.3 Å². The Morgan fingerprint density at radius 3 is 2.68 bits per heavy atom. The van der Waals surface area contributed by atoms with Gasteiger partial charge in [-0.05, 0) is 91.1 Å². The van der Waals surface area contributed by atoms with Crippen LogP contribution in [0.2, 0.25) is 0 Å². The minimum absolute atomic E-state index is 0.0138. The molecule has 1 aliphatic heterocycles. The summed E-state index contributed by atoms with van der Waals surface area (Å²) in [6.45, 7) is 7.53. The molecule has 3 aromatic rings. The number of fused-ring (bicyclic) bond motifs is 1. The van der Waals surface area contributed by atoms with Crippen molar-refractivity contribution in [1.29, 1.82) is 0 Å². The molecule has 3 amide bonds. The third-order valence-corrected chi connectivity index (χ3v) is 7.35. The van der Waals surface area contributed by atoms with E-state index in [-0.39, 0.29) is 29.3 Å². The topological polar surface area (TPSA) is 83.6 Å². The first-order chi connectivity index (χ1) is 18.2. The number of rotatable bonds is 6. The van der Waals surface area contributed by atoms with E-state index in [2.05, 4.69) is 33.8 Å². The van der Waals surface area contributed by atoms with E-state index < -0.39 is 0 Å². The van der Waals surface area contributed by atoms with Crippen molar-refractivity contribution in [2.24, 2.45) is 5.92 Å². The smallest absolute Gasteiger partial charge is 0.318 e. The molecule has 7 heteroatoms. The number of nitrogens with one attached hydrogen (secondary N) is 2. The van der Waals surface area contributed by atoms with Gasteiger partial charge in [-0.2, -0.15) is 0 Å². The van der Waals surface area contributed by atoms with Crippen molar-refractivity contribution in [2.45, 2.75) is 58.2 Å². The zero-order valence-electron chi connectivity index (χ0n) is 22.6. The van der Waals surface area contributed by atoms with Crippen LogP contribution in [0.3, 0.4) is 0 Å². The summed E-state index contributed by atoms with van der Waals surface area (Å²) in [5.41, 5.74) is 6.42. The normalized spacial score (nSPS) is 18.4. The summed E-state index contributed by atoms with van der Waals surface area (Å²) in [5.74, 6) is 1.11. The van der Waals surface area contributed by atoms with E-state index in [9.17, 15) is 9.59 Å². The number of aromatic nitrogens is 1. The number of carbonyl (C=O) groups excluding carboxylic acids is 2. The fourth-order valence-corrected chi connectivity index (χ4v) is 5.30. The van der Waals surface area contributed by atoms with Crippen LogP contribution in [0.5, 0.6) is 5.75 Å². The van der Waals surface area contributed by atoms with Crippen LogP contribution in [0, 0.1) is 5.92 Å². The number of carbonyl (C=O) groups is 2. The maximum atomic E-state index is 13.0. The van der Waals surface area contributed by atoms with Crippen LogP contribution in [-0.4, -0.2) is 41.0 Å². The van der Waals surface area contributed by atoms with E-state index in [4.69, 9.17) is 4.74 Å². The van der Waals surface area contributed by atoms with Gasteiger partial charge >= 0.3 is 6.03 Å². The van der Waals surface area contributed by atoms with Crippen molar-refractivity contribution in [1.82, 2.24) is 20.5 Å². The molecule has 198 valence electrons. The van der Waals surface area contributed by atoms with Gasteiger partial charge < -0.3 is 20.3 Å². The molecule has 1 fully saturated rings. The number of pyridine rings is 1. The minimum Gasteiger partial charge on any atom is -0.497 e. The molecule has 2 N–H and O–H groups in total. The predicted octanol–water partition coefficient (Wildman–Crippen LogP) is 5.04. The van der Waals surface area contributed by atoms with Gasteiger partial charge in [-0.1, -0.05) is 30.3 Å². The molecular formula is C31H36N4O3. The van der Waals surface area contributed by atoms with Gasteiger partial charge in [-0.3, -0.25) is 9.78 Å². The largest absolute Gasteiger partial charge is 0.497 e. The van der Waals surface area contributed by atoms with Gasteiger partial charge in [0.25, 0.3) is 0 Å². The second-order valence-corrected chi connectivity index (χ2v) is 11.3. The molecule has 0 unspecified atom stereocenters. The van der Waals surface area contributed by atoms with Gasteiger partial charge in [0, 0.05) is 43.5 Å². The Labute approximate surface area is 224 Å². The summed E-state index contributed by atoms with van der Waals surface area (Å²) in [7, 11) is 1.67. The third-order valence-electron chi connectivity index (χ3n) is 7.35. The third kappa shape index (κ3) is 5.67. The molecule has 1 aromatic heterocycles. The lowest BCUT2D eigenvalue weighted by Gasteiger charge is -2.34. The van der Waals surface area contributed by atoms with Crippen LogP contribution in [0.15, 0.2) is 60.9 Å². The number of hydrogen-bond acceptors (Lipinski definition) is 4. The summed E-state index contributed by atoms with van der Waals surface area (Å²) in [6, 6.07) is 16.2. The zero-order valence-corrected chi connectivity index (χ0v) is 22.6.